The van der Waals surface area contributed by atoms with Gasteiger partial charge in [-0.2, -0.15) is 0 Å². The second-order valence-electron chi connectivity index (χ2n) is 7.47. The molecule has 1 aromatic heterocycles. The van der Waals surface area contributed by atoms with Crippen molar-refractivity contribution in [3.8, 4) is 11.5 Å². The Hall–Kier alpha value is -3.51. The molecule has 0 aliphatic rings. The van der Waals surface area contributed by atoms with Crippen molar-refractivity contribution in [3.63, 3.8) is 0 Å². The highest BCUT2D eigenvalue weighted by Gasteiger charge is 2.14. The highest BCUT2D eigenvalue weighted by molar-refractivity contribution is 9.10. The molecule has 1 N–H and O–H groups in total. The number of rotatable bonds is 8. The Balaban J connectivity index is 1.57. The van der Waals surface area contributed by atoms with Crippen LogP contribution in [-0.4, -0.2) is 26.7 Å². The number of halogens is 1. The predicted octanol–water partition coefficient (Wildman–Crippen LogP) is 6.00. The van der Waals surface area contributed by atoms with E-state index in [1.807, 2.05) is 72.8 Å². The van der Waals surface area contributed by atoms with Gasteiger partial charge >= 0.3 is 0 Å². The third kappa shape index (κ3) is 5.65. The third-order valence-corrected chi connectivity index (χ3v) is 5.76. The molecule has 4 rings (SSSR count). The number of hydrogen-bond acceptors (Lipinski definition) is 4. The lowest BCUT2D eigenvalue weighted by Crippen LogP contribution is -2.24. The largest absolute Gasteiger partial charge is 0.497 e. The normalized spacial score (nSPS) is 11.4. The summed E-state index contributed by atoms with van der Waals surface area (Å²) in [6, 6.07) is 23.1. The maximum Gasteiger partial charge on any atom is 0.244 e. The van der Waals surface area contributed by atoms with Gasteiger partial charge in [0.15, 0.2) is 0 Å². The van der Waals surface area contributed by atoms with Crippen molar-refractivity contribution in [2.75, 3.05) is 20.8 Å². The Morgan fingerprint density at radius 3 is 2.52 bits per heavy atom. The molecule has 33 heavy (non-hydrogen) atoms. The van der Waals surface area contributed by atoms with E-state index in [2.05, 4.69) is 21.2 Å². The first-order valence-electron chi connectivity index (χ1n) is 10.5. The van der Waals surface area contributed by atoms with E-state index in [4.69, 9.17) is 13.9 Å². The SMILES string of the molecule is COc1ccc(/C(=C/C(=O)NCCc2cccc(OC)c2)c2cc3cc(Br)ccc3o2)cc1. The molecule has 0 unspecified atom stereocenters. The van der Waals surface area contributed by atoms with E-state index in [0.29, 0.717) is 24.3 Å². The lowest BCUT2D eigenvalue weighted by Gasteiger charge is -2.08. The van der Waals surface area contributed by atoms with Gasteiger partial charge in [-0.25, -0.2) is 0 Å². The van der Waals surface area contributed by atoms with Crippen LogP contribution < -0.4 is 14.8 Å². The third-order valence-electron chi connectivity index (χ3n) is 5.27. The fraction of sp³-hybridized carbons (Fsp3) is 0.148. The molecule has 0 spiro atoms. The van der Waals surface area contributed by atoms with Crippen LogP contribution in [0.15, 0.2) is 87.8 Å². The van der Waals surface area contributed by atoms with Crippen LogP contribution in [0.1, 0.15) is 16.9 Å². The summed E-state index contributed by atoms with van der Waals surface area (Å²) in [5.74, 6) is 1.98. The Bertz CT molecular complexity index is 1290. The van der Waals surface area contributed by atoms with Crippen molar-refractivity contribution < 1.29 is 18.7 Å². The summed E-state index contributed by atoms with van der Waals surface area (Å²) in [5, 5.41) is 3.93. The maximum atomic E-state index is 12.8. The molecule has 6 heteroatoms. The number of amides is 1. The van der Waals surface area contributed by atoms with Crippen molar-refractivity contribution >= 4 is 38.4 Å². The zero-order valence-corrected chi connectivity index (χ0v) is 20.0. The van der Waals surface area contributed by atoms with Gasteiger partial charge in [0.25, 0.3) is 0 Å². The molecule has 0 saturated heterocycles. The highest BCUT2D eigenvalue weighted by atomic mass is 79.9. The van der Waals surface area contributed by atoms with Crippen LogP contribution in [0.3, 0.4) is 0 Å². The van der Waals surface area contributed by atoms with Gasteiger partial charge in [-0.1, -0.05) is 40.2 Å². The Morgan fingerprint density at radius 1 is 0.970 bits per heavy atom. The molecule has 1 heterocycles. The van der Waals surface area contributed by atoms with E-state index in [1.54, 1.807) is 20.3 Å². The molecular formula is C27H24BrNO4. The first-order valence-corrected chi connectivity index (χ1v) is 11.3. The number of nitrogens with one attached hydrogen (secondary N) is 1. The zero-order valence-electron chi connectivity index (χ0n) is 18.4. The topological polar surface area (TPSA) is 60.7 Å². The number of carbonyl (C=O) groups is 1. The highest BCUT2D eigenvalue weighted by Crippen LogP contribution is 2.31. The van der Waals surface area contributed by atoms with Crippen molar-refractivity contribution in [1.82, 2.24) is 5.32 Å². The molecule has 0 fully saturated rings. The van der Waals surface area contributed by atoms with Gasteiger partial charge in [-0.3, -0.25) is 4.79 Å². The van der Waals surface area contributed by atoms with Crippen molar-refractivity contribution in [1.29, 1.82) is 0 Å². The van der Waals surface area contributed by atoms with Crippen molar-refractivity contribution in [2.45, 2.75) is 6.42 Å². The standard InChI is InChI=1S/C27H24BrNO4/c1-31-22-9-6-19(7-10-22)24(26-16-20-15-21(28)8-11-25(20)33-26)17-27(30)29-13-12-18-4-3-5-23(14-18)32-2/h3-11,14-17H,12-13H2,1-2H3,(H,29,30)/b24-17-. The van der Waals surface area contributed by atoms with Crippen LogP contribution in [0, 0.1) is 0 Å². The summed E-state index contributed by atoms with van der Waals surface area (Å²) in [5.41, 5.74) is 3.41. The molecule has 0 aliphatic heterocycles. The number of ether oxygens (including phenoxy) is 2. The van der Waals surface area contributed by atoms with Crippen molar-refractivity contribution in [3.05, 3.63) is 100 Å². The summed E-state index contributed by atoms with van der Waals surface area (Å²) >= 11 is 3.49. The minimum Gasteiger partial charge on any atom is -0.497 e. The average molecular weight is 506 g/mol. The monoisotopic (exact) mass is 505 g/mol. The summed E-state index contributed by atoms with van der Waals surface area (Å²) in [6.07, 6.45) is 2.29. The fourth-order valence-electron chi connectivity index (χ4n) is 3.55. The number of benzene rings is 3. The van der Waals surface area contributed by atoms with E-state index in [1.165, 1.54) is 0 Å². The molecular weight excluding hydrogens is 482 g/mol. The van der Waals surface area contributed by atoms with E-state index in [-0.39, 0.29) is 5.91 Å². The van der Waals surface area contributed by atoms with Gasteiger partial charge in [0.05, 0.1) is 14.2 Å². The predicted molar refractivity (Wildman–Crippen MR) is 134 cm³/mol. The Kier molecular flexibility index (Phi) is 7.15. The quantitative estimate of drug-likeness (QED) is 0.298. The summed E-state index contributed by atoms with van der Waals surface area (Å²) in [4.78, 5) is 12.8. The Morgan fingerprint density at radius 2 is 1.76 bits per heavy atom. The van der Waals surface area contributed by atoms with Crippen LogP contribution in [-0.2, 0) is 11.2 Å². The molecule has 4 aromatic rings. The molecule has 1 amide bonds. The number of methoxy groups -OCH3 is 2. The van der Waals surface area contributed by atoms with Gasteiger partial charge in [-0.05, 0) is 66.1 Å². The number of furan rings is 1. The second-order valence-corrected chi connectivity index (χ2v) is 8.39. The van der Waals surface area contributed by atoms with E-state index in [9.17, 15) is 4.79 Å². The number of carbonyl (C=O) groups excluding carboxylic acids is 1. The molecule has 0 bridgehead atoms. The van der Waals surface area contributed by atoms with E-state index >= 15 is 0 Å². The fourth-order valence-corrected chi connectivity index (χ4v) is 3.93. The first kappa shape index (κ1) is 22.7. The number of fused-ring (bicyclic) bond motifs is 1. The zero-order chi connectivity index (χ0) is 23.2. The van der Waals surface area contributed by atoms with Crippen LogP contribution >= 0.6 is 15.9 Å². The summed E-state index contributed by atoms with van der Waals surface area (Å²) in [6.45, 7) is 0.505. The van der Waals surface area contributed by atoms with E-state index in [0.717, 1.165) is 38.1 Å². The van der Waals surface area contributed by atoms with Crippen LogP contribution in [0.5, 0.6) is 11.5 Å². The summed E-state index contributed by atoms with van der Waals surface area (Å²) in [7, 11) is 3.27. The van der Waals surface area contributed by atoms with Crippen LogP contribution in [0.25, 0.3) is 16.5 Å². The van der Waals surface area contributed by atoms with Gasteiger partial charge in [0.2, 0.25) is 5.91 Å². The van der Waals surface area contributed by atoms with Gasteiger partial charge in [0, 0.05) is 28.1 Å². The average Bonchev–Trinajstić information content (AvgIpc) is 3.25. The van der Waals surface area contributed by atoms with Crippen LogP contribution in [0.2, 0.25) is 0 Å². The van der Waals surface area contributed by atoms with Crippen LogP contribution in [0.4, 0.5) is 0 Å². The molecule has 0 radical (unpaired) electrons. The minimum absolute atomic E-state index is 0.189. The molecule has 5 nitrogen and oxygen atoms in total. The van der Waals surface area contributed by atoms with Gasteiger partial charge < -0.3 is 19.2 Å². The smallest absolute Gasteiger partial charge is 0.244 e. The molecule has 0 saturated carbocycles. The second kappa shape index (κ2) is 10.4. The summed E-state index contributed by atoms with van der Waals surface area (Å²) < 4.78 is 17.6. The lowest BCUT2D eigenvalue weighted by molar-refractivity contribution is -0.116. The van der Waals surface area contributed by atoms with E-state index < -0.39 is 0 Å². The first-order chi connectivity index (χ1) is 16.1. The van der Waals surface area contributed by atoms with Crippen molar-refractivity contribution in [2.24, 2.45) is 0 Å². The maximum absolute atomic E-state index is 12.8. The number of hydrogen-bond donors (Lipinski definition) is 1. The molecule has 0 atom stereocenters. The minimum atomic E-state index is -0.189. The Labute approximate surface area is 201 Å². The molecule has 3 aromatic carbocycles. The van der Waals surface area contributed by atoms with Gasteiger partial charge in [0.1, 0.15) is 22.8 Å². The van der Waals surface area contributed by atoms with Gasteiger partial charge in [-0.15, -0.1) is 0 Å². The molecule has 168 valence electrons. The lowest BCUT2D eigenvalue weighted by atomic mass is 10.0. The molecule has 0 aliphatic carbocycles.